The summed E-state index contributed by atoms with van der Waals surface area (Å²) >= 11 is 5.71. The number of carbonyl (C=O) groups excluding carboxylic acids is 1. The number of primary amides is 1. The zero-order valence-corrected chi connectivity index (χ0v) is 8.25. The summed E-state index contributed by atoms with van der Waals surface area (Å²) in [6.45, 7) is 0.711. The van der Waals surface area contributed by atoms with E-state index in [4.69, 9.17) is 27.8 Å². The Hall–Kier alpha value is -1.26. The second-order valence-electron chi connectivity index (χ2n) is 2.64. The molecule has 0 heterocycles. The van der Waals surface area contributed by atoms with Gasteiger partial charge in [-0.15, -0.1) is 0 Å². The van der Waals surface area contributed by atoms with Crippen LogP contribution in [0.4, 0.5) is 0 Å². The van der Waals surface area contributed by atoms with E-state index in [0.717, 1.165) is 0 Å². The summed E-state index contributed by atoms with van der Waals surface area (Å²) in [7, 11) is 0. The zero-order chi connectivity index (χ0) is 10.6. The lowest BCUT2D eigenvalue weighted by Gasteiger charge is -2.08. The zero-order valence-electron chi connectivity index (χ0n) is 7.50. The largest absolute Gasteiger partial charge is 0.491 e. The van der Waals surface area contributed by atoms with Crippen LogP contribution in [0.25, 0.3) is 0 Å². The molecule has 0 atom stereocenters. The number of nitrogens with two attached hydrogens (primary N) is 2. The number of ether oxygens (including phenoxy) is 1. The van der Waals surface area contributed by atoms with Crippen molar-refractivity contribution in [1.29, 1.82) is 0 Å². The number of halogens is 1. The molecule has 0 aromatic heterocycles. The molecule has 0 fully saturated rings. The fraction of sp³-hybridized carbons (Fsp3) is 0.222. The van der Waals surface area contributed by atoms with Crippen LogP contribution in [0.1, 0.15) is 10.4 Å². The Morgan fingerprint density at radius 2 is 2.21 bits per heavy atom. The van der Waals surface area contributed by atoms with Crippen LogP contribution in [0.5, 0.6) is 5.75 Å². The molecule has 0 radical (unpaired) electrons. The molecule has 1 rings (SSSR count). The molecule has 14 heavy (non-hydrogen) atoms. The molecule has 0 unspecified atom stereocenters. The van der Waals surface area contributed by atoms with E-state index in [9.17, 15) is 4.79 Å². The van der Waals surface area contributed by atoms with Crippen molar-refractivity contribution in [3.8, 4) is 5.75 Å². The molecule has 0 aliphatic heterocycles. The molecule has 0 saturated carbocycles. The lowest BCUT2D eigenvalue weighted by Crippen LogP contribution is -2.16. The highest BCUT2D eigenvalue weighted by Gasteiger charge is 2.09. The van der Waals surface area contributed by atoms with E-state index < -0.39 is 5.91 Å². The average molecular weight is 215 g/mol. The predicted octanol–water partition coefficient (Wildman–Crippen LogP) is 0.776. The molecule has 1 aromatic carbocycles. The molecular weight excluding hydrogens is 204 g/mol. The molecule has 76 valence electrons. The molecule has 0 spiro atoms. The van der Waals surface area contributed by atoms with Crippen LogP contribution in [0.15, 0.2) is 18.2 Å². The number of hydrogen-bond donors (Lipinski definition) is 2. The number of hydrogen-bond acceptors (Lipinski definition) is 3. The minimum absolute atomic E-state index is 0.269. The number of benzene rings is 1. The molecule has 4 N–H and O–H groups in total. The summed E-state index contributed by atoms with van der Waals surface area (Å²) in [6.07, 6.45) is 0. The van der Waals surface area contributed by atoms with Crippen LogP contribution in [0.3, 0.4) is 0 Å². The summed E-state index contributed by atoms with van der Waals surface area (Å²) in [5.41, 5.74) is 10.7. The van der Waals surface area contributed by atoms with Gasteiger partial charge >= 0.3 is 0 Å². The van der Waals surface area contributed by atoms with Crippen molar-refractivity contribution in [1.82, 2.24) is 0 Å². The van der Waals surface area contributed by atoms with E-state index >= 15 is 0 Å². The minimum Gasteiger partial charge on any atom is -0.491 e. The van der Waals surface area contributed by atoms with Crippen LogP contribution in [-0.2, 0) is 0 Å². The van der Waals surface area contributed by atoms with Gasteiger partial charge in [-0.3, -0.25) is 4.79 Å². The molecule has 0 saturated heterocycles. The van der Waals surface area contributed by atoms with E-state index in [1.165, 1.54) is 6.07 Å². The molecule has 4 nitrogen and oxygen atoms in total. The summed E-state index contributed by atoms with van der Waals surface area (Å²) < 4.78 is 5.22. The van der Waals surface area contributed by atoms with E-state index in [2.05, 4.69) is 0 Å². The summed E-state index contributed by atoms with van der Waals surface area (Å²) in [6, 6.07) is 4.69. The van der Waals surface area contributed by atoms with Crippen molar-refractivity contribution < 1.29 is 9.53 Å². The van der Waals surface area contributed by atoms with Gasteiger partial charge in [-0.2, -0.15) is 0 Å². The van der Waals surface area contributed by atoms with Crippen LogP contribution in [0, 0.1) is 0 Å². The van der Waals surface area contributed by atoms with Gasteiger partial charge in [0.1, 0.15) is 12.4 Å². The van der Waals surface area contributed by atoms with Gasteiger partial charge in [0.15, 0.2) is 0 Å². The van der Waals surface area contributed by atoms with Gasteiger partial charge in [-0.25, -0.2) is 0 Å². The Morgan fingerprint density at radius 1 is 1.50 bits per heavy atom. The lowest BCUT2D eigenvalue weighted by molar-refractivity contribution is 0.0996. The van der Waals surface area contributed by atoms with E-state index in [-0.39, 0.29) is 5.56 Å². The SMILES string of the molecule is NCCOc1ccc(Cl)cc1C(N)=O. The number of carbonyl (C=O) groups is 1. The molecule has 1 amide bonds. The highest BCUT2D eigenvalue weighted by Crippen LogP contribution is 2.22. The van der Waals surface area contributed by atoms with E-state index in [0.29, 0.717) is 23.9 Å². The predicted molar refractivity (Wildman–Crippen MR) is 54.5 cm³/mol. The Labute approximate surface area is 86.8 Å². The topological polar surface area (TPSA) is 78.3 Å². The standard InChI is InChI=1S/C9H11ClN2O2/c10-6-1-2-8(14-4-3-11)7(5-6)9(12)13/h1-2,5H,3-4,11H2,(H2,12,13). The Kier molecular flexibility index (Phi) is 3.73. The first-order valence-electron chi connectivity index (χ1n) is 4.07. The fourth-order valence-electron chi connectivity index (χ4n) is 0.990. The highest BCUT2D eigenvalue weighted by molar-refractivity contribution is 6.31. The Balaban J connectivity index is 2.96. The molecule has 1 aromatic rings. The smallest absolute Gasteiger partial charge is 0.252 e. The summed E-state index contributed by atoms with van der Waals surface area (Å²) in [4.78, 5) is 11.0. The van der Waals surface area contributed by atoms with Gasteiger partial charge in [0.25, 0.3) is 5.91 Å². The maximum Gasteiger partial charge on any atom is 0.252 e. The summed E-state index contributed by atoms with van der Waals surface area (Å²) in [5, 5.41) is 0.443. The fourth-order valence-corrected chi connectivity index (χ4v) is 1.16. The maximum absolute atomic E-state index is 11.0. The quantitative estimate of drug-likeness (QED) is 0.778. The van der Waals surface area contributed by atoms with Crippen molar-refractivity contribution in [2.24, 2.45) is 11.5 Å². The van der Waals surface area contributed by atoms with Crippen LogP contribution in [0.2, 0.25) is 5.02 Å². The van der Waals surface area contributed by atoms with Crippen molar-refractivity contribution in [2.45, 2.75) is 0 Å². The van der Waals surface area contributed by atoms with Crippen molar-refractivity contribution in [3.05, 3.63) is 28.8 Å². The second-order valence-corrected chi connectivity index (χ2v) is 3.08. The van der Waals surface area contributed by atoms with Gasteiger partial charge in [-0.05, 0) is 18.2 Å². The third-order valence-corrected chi connectivity index (χ3v) is 1.82. The Bertz CT molecular complexity index is 342. The van der Waals surface area contributed by atoms with Crippen molar-refractivity contribution >= 4 is 17.5 Å². The molecular formula is C9H11ClN2O2. The normalized spacial score (nSPS) is 9.86. The monoisotopic (exact) mass is 214 g/mol. The highest BCUT2D eigenvalue weighted by atomic mass is 35.5. The van der Waals surface area contributed by atoms with Gasteiger partial charge in [-0.1, -0.05) is 11.6 Å². The van der Waals surface area contributed by atoms with Gasteiger partial charge in [0.2, 0.25) is 0 Å². The third kappa shape index (κ3) is 2.61. The first kappa shape index (κ1) is 10.8. The average Bonchev–Trinajstić information content (AvgIpc) is 2.15. The first-order valence-corrected chi connectivity index (χ1v) is 4.45. The molecule has 5 heteroatoms. The van der Waals surface area contributed by atoms with Gasteiger partial charge in [0.05, 0.1) is 5.56 Å². The molecule has 0 aliphatic rings. The van der Waals surface area contributed by atoms with Crippen LogP contribution in [-0.4, -0.2) is 19.1 Å². The Morgan fingerprint density at radius 3 is 2.79 bits per heavy atom. The molecule has 0 aliphatic carbocycles. The van der Waals surface area contributed by atoms with Crippen molar-refractivity contribution in [2.75, 3.05) is 13.2 Å². The van der Waals surface area contributed by atoms with Gasteiger partial charge in [0, 0.05) is 11.6 Å². The summed E-state index contributed by atoms with van der Waals surface area (Å²) in [5.74, 6) is -0.160. The number of rotatable bonds is 4. The first-order chi connectivity index (χ1) is 6.65. The van der Waals surface area contributed by atoms with Gasteiger partial charge < -0.3 is 16.2 Å². The van der Waals surface area contributed by atoms with E-state index in [1.54, 1.807) is 12.1 Å². The third-order valence-electron chi connectivity index (χ3n) is 1.58. The van der Waals surface area contributed by atoms with Crippen LogP contribution < -0.4 is 16.2 Å². The second kappa shape index (κ2) is 4.83. The lowest BCUT2D eigenvalue weighted by atomic mass is 10.2. The van der Waals surface area contributed by atoms with Crippen LogP contribution >= 0.6 is 11.6 Å². The number of amides is 1. The minimum atomic E-state index is -0.570. The van der Waals surface area contributed by atoms with Crippen molar-refractivity contribution in [3.63, 3.8) is 0 Å². The molecule has 0 bridgehead atoms. The van der Waals surface area contributed by atoms with E-state index in [1.807, 2.05) is 0 Å². The maximum atomic E-state index is 11.0.